The van der Waals surface area contributed by atoms with E-state index in [0.29, 0.717) is 23.6 Å². The molecule has 1 aliphatic carbocycles. The van der Waals surface area contributed by atoms with Gasteiger partial charge >= 0.3 is 6.03 Å². The number of nitriles is 1. The van der Waals surface area contributed by atoms with E-state index in [1.54, 1.807) is 12.1 Å². The lowest BCUT2D eigenvalue weighted by Gasteiger charge is -2.27. The molecule has 0 unspecified atom stereocenters. The zero-order valence-electron chi connectivity index (χ0n) is 14.1. The number of hydrogen-bond acceptors (Lipinski definition) is 4. The molecule has 1 saturated heterocycles. The predicted molar refractivity (Wildman–Crippen MR) is 87.6 cm³/mol. The van der Waals surface area contributed by atoms with E-state index in [1.165, 1.54) is 11.1 Å². The van der Waals surface area contributed by atoms with Crippen molar-refractivity contribution in [1.29, 1.82) is 5.26 Å². The number of nitrogens with one attached hydrogen (secondary N) is 1. The van der Waals surface area contributed by atoms with Crippen LogP contribution < -0.4 is 5.32 Å². The number of urea groups is 1. The molecule has 24 heavy (non-hydrogen) atoms. The molecule has 1 aromatic rings. The van der Waals surface area contributed by atoms with Crippen molar-refractivity contribution >= 4 is 11.9 Å². The van der Waals surface area contributed by atoms with Crippen molar-refractivity contribution in [1.82, 2.24) is 15.2 Å². The summed E-state index contributed by atoms with van der Waals surface area (Å²) in [5.74, 6) is 0.619. The Balaban J connectivity index is 1.78. The first-order chi connectivity index (χ1) is 11.5. The lowest BCUT2D eigenvalue weighted by Crippen LogP contribution is -2.49. The van der Waals surface area contributed by atoms with Crippen molar-refractivity contribution < 1.29 is 9.59 Å². The standard InChI is InChI=1S/C18H22N4O2/c1-12(2)7-8-18(14-4-5-14)16(23)22(17(24)21-18)11-15-6-3-13(9-19)10-20-15/h3,6,10,12,14H,4-5,7-8,11H2,1-2H3,(H,21,24)/t18-/m0/s1. The second-order valence-corrected chi connectivity index (χ2v) is 7.15. The molecule has 0 radical (unpaired) electrons. The number of pyridine rings is 1. The number of nitrogens with zero attached hydrogens (tertiary/aromatic N) is 3. The maximum absolute atomic E-state index is 13.0. The lowest BCUT2D eigenvalue weighted by molar-refractivity contribution is -0.132. The fraction of sp³-hybridized carbons (Fsp3) is 0.556. The number of amides is 3. The molecule has 0 aromatic carbocycles. The van der Waals surface area contributed by atoms with Crippen LogP contribution in [0.15, 0.2) is 18.3 Å². The first-order valence-electron chi connectivity index (χ1n) is 8.45. The van der Waals surface area contributed by atoms with E-state index in [2.05, 4.69) is 24.1 Å². The summed E-state index contributed by atoms with van der Waals surface area (Å²) in [7, 11) is 0. The summed E-state index contributed by atoms with van der Waals surface area (Å²) in [6.45, 7) is 4.40. The molecule has 6 nitrogen and oxygen atoms in total. The van der Waals surface area contributed by atoms with Gasteiger partial charge in [-0.15, -0.1) is 0 Å². The number of hydrogen-bond donors (Lipinski definition) is 1. The third-order valence-corrected chi connectivity index (χ3v) is 4.87. The SMILES string of the molecule is CC(C)CC[C@@]1(C2CC2)NC(=O)N(Cc2ccc(C#N)cn2)C1=O. The van der Waals surface area contributed by atoms with Crippen LogP contribution in [0.1, 0.15) is 50.8 Å². The molecule has 3 amide bonds. The lowest BCUT2D eigenvalue weighted by atomic mass is 9.85. The van der Waals surface area contributed by atoms with Crippen molar-refractivity contribution in [3.05, 3.63) is 29.6 Å². The fourth-order valence-corrected chi connectivity index (χ4v) is 3.28. The Kier molecular flexibility index (Phi) is 4.27. The molecule has 1 atom stereocenters. The highest BCUT2D eigenvalue weighted by molar-refractivity contribution is 6.07. The highest BCUT2D eigenvalue weighted by Crippen LogP contribution is 2.46. The smallest absolute Gasteiger partial charge is 0.323 e. The van der Waals surface area contributed by atoms with Crippen LogP contribution in [0.5, 0.6) is 0 Å². The highest BCUT2D eigenvalue weighted by atomic mass is 16.2. The van der Waals surface area contributed by atoms with E-state index in [4.69, 9.17) is 5.26 Å². The minimum absolute atomic E-state index is 0.123. The summed E-state index contributed by atoms with van der Waals surface area (Å²) in [6, 6.07) is 5.01. The molecule has 1 aliphatic heterocycles. The van der Waals surface area contributed by atoms with Gasteiger partial charge in [0.2, 0.25) is 0 Å². The zero-order valence-corrected chi connectivity index (χ0v) is 14.1. The van der Waals surface area contributed by atoms with Crippen LogP contribution >= 0.6 is 0 Å². The molecular weight excluding hydrogens is 304 g/mol. The van der Waals surface area contributed by atoms with Crippen LogP contribution in [0.4, 0.5) is 4.79 Å². The molecule has 3 rings (SSSR count). The third-order valence-electron chi connectivity index (χ3n) is 4.87. The summed E-state index contributed by atoms with van der Waals surface area (Å²) in [5.41, 5.74) is 0.335. The highest BCUT2D eigenvalue weighted by Gasteiger charge is 2.58. The molecule has 1 saturated carbocycles. The number of carbonyl (C=O) groups is 2. The van der Waals surface area contributed by atoms with Gasteiger partial charge in [0.05, 0.1) is 17.8 Å². The van der Waals surface area contributed by atoms with Crippen molar-refractivity contribution in [2.24, 2.45) is 11.8 Å². The van der Waals surface area contributed by atoms with Crippen LogP contribution in [0, 0.1) is 23.2 Å². The minimum Gasteiger partial charge on any atom is -0.323 e. The van der Waals surface area contributed by atoms with Crippen molar-refractivity contribution in [3.63, 3.8) is 0 Å². The average Bonchev–Trinajstić information content (AvgIpc) is 3.38. The molecular formula is C18H22N4O2. The summed E-state index contributed by atoms with van der Waals surface area (Å²) in [4.78, 5) is 30.9. The minimum atomic E-state index is -0.728. The zero-order chi connectivity index (χ0) is 17.3. The predicted octanol–water partition coefficient (Wildman–Crippen LogP) is 2.59. The molecule has 1 N–H and O–H groups in total. The Morgan fingerprint density at radius 3 is 2.71 bits per heavy atom. The molecule has 2 fully saturated rings. The molecule has 6 heteroatoms. The van der Waals surface area contributed by atoms with E-state index >= 15 is 0 Å². The van der Waals surface area contributed by atoms with Crippen molar-refractivity contribution in [3.8, 4) is 6.07 Å². The average molecular weight is 326 g/mol. The van der Waals surface area contributed by atoms with Gasteiger partial charge in [-0.2, -0.15) is 5.26 Å². The fourth-order valence-electron chi connectivity index (χ4n) is 3.28. The van der Waals surface area contributed by atoms with Crippen LogP contribution in [0.2, 0.25) is 0 Å². The van der Waals surface area contributed by atoms with E-state index in [-0.39, 0.29) is 24.4 Å². The van der Waals surface area contributed by atoms with Gasteiger partial charge in [-0.3, -0.25) is 14.7 Å². The summed E-state index contributed by atoms with van der Waals surface area (Å²) >= 11 is 0. The van der Waals surface area contributed by atoms with Crippen LogP contribution in [0.25, 0.3) is 0 Å². The first kappa shape index (κ1) is 16.4. The van der Waals surface area contributed by atoms with Gasteiger partial charge in [0.25, 0.3) is 5.91 Å². The summed E-state index contributed by atoms with van der Waals surface area (Å²) < 4.78 is 0. The molecule has 2 aliphatic rings. The quantitative estimate of drug-likeness (QED) is 0.814. The molecule has 0 bridgehead atoms. The second-order valence-electron chi connectivity index (χ2n) is 7.15. The monoisotopic (exact) mass is 326 g/mol. The number of aromatic nitrogens is 1. The summed E-state index contributed by atoms with van der Waals surface area (Å²) in [6.07, 6.45) is 5.05. The molecule has 1 aromatic heterocycles. The maximum atomic E-state index is 13.0. The maximum Gasteiger partial charge on any atom is 0.325 e. The largest absolute Gasteiger partial charge is 0.325 e. The number of carbonyl (C=O) groups excluding carboxylic acids is 2. The second kappa shape index (κ2) is 6.23. The number of imide groups is 1. The van der Waals surface area contributed by atoms with Crippen LogP contribution in [-0.2, 0) is 11.3 Å². The Morgan fingerprint density at radius 1 is 1.42 bits per heavy atom. The topological polar surface area (TPSA) is 86.1 Å². The van der Waals surface area contributed by atoms with Gasteiger partial charge < -0.3 is 5.32 Å². The van der Waals surface area contributed by atoms with Gasteiger partial charge in [-0.05, 0) is 49.7 Å². The van der Waals surface area contributed by atoms with Crippen molar-refractivity contribution in [2.45, 2.75) is 51.6 Å². The van der Waals surface area contributed by atoms with Gasteiger partial charge in [-0.25, -0.2) is 4.79 Å². The summed E-state index contributed by atoms with van der Waals surface area (Å²) in [5, 5.41) is 11.8. The Bertz CT molecular complexity index is 688. The van der Waals surface area contributed by atoms with Gasteiger partial charge in [0, 0.05) is 6.20 Å². The number of rotatable bonds is 6. The van der Waals surface area contributed by atoms with Gasteiger partial charge in [0.15, 0.2) is 0 Å². The van der Waals surface area contributed by atoms with Crippen LogP contribution in [0.3, 0.4) is 0 Å². The van der Waals surface area contributed by atoms with Gasteiger partial charge in [-0.1, -0.05) is 13.8 Å². The molecule has 126 valence electrons. The van der Waals surface area contributed by atoms with Gasteiger partial charge in [0.1, 0.15) is 11.6 Å². The van der Waals surface area contributed by atoms with E-state index in [1.807, 2.05) is 6.07 Å². The van der Waals surface area contributed by atoms with Crippen molar-refractivity contribution in [2.75, 3.05) is 0 Å². The van der Waals surface area contributed by atoms with E-state index in [0.717, 1.165) is 19.3 Å². The van der Waals surface area contributed by atoms with E-state index in [9.17, 15) is 9.59 Å². The Labute approximate surface area is 141 Å². The first-order valence-corrected chi connectivity index (χ1v) is 8.45. The normalized spacial score (nSPS) is 23.5. The van der Waals surface area contributed by atoms with E-state index < -0.39 is 5.54 Å². The Morgan fingerprint density at radius 2 is 2.17 bits per heavy atom. The molecule has 0 spiro atoms. The Hall–Kier alpha value is -2.42. The molecule has 2 heterocycles. The van der Waals surface area contributed by atoms with Crippen LogP contribution in [-0.4, -0.2) is 27.4 Å². The third kappa shape index (κ3) is 2.99.